The third kappa shape index (κ3) is 4.64. The normalized spacial score (nSPS) is 11.8. The van der Waals surface area contributed by atoms with Crippen LogP contribution in [0.25, 0.3) is 0 Å². The lowest BCUT2D eigenvalue weighted by Gasteiger charge is -2.18. The van der Waals surface area contributed by atoms with Crippen molar-refractivity contribution in [3.63, 3.8) is 0 Å². The van der Waals surface area contributed by atoms with Gasteiger partial charge in [-0.1, -0.05) is 18.2 Å². The molecule has 2 aromatic carbocycles. The molecule has 0 spiro atoms. The van der Waals surface area contributed by atoms with Gasteiger partial charge in [0.25, 0.3) is 5.91 Å². The summed E-state index contributed by atoms with van der Waals surface area (Å²) in [6.45, 7) is 0.281. The Labute approximate surface area is 143 Å². The Morgan fingerprint density at radius 2 is 1.96 bits per heavy atom. The summed E-state index contributed by atoms with van der Waals surface area (Å²) in [5, 5.41) is 0. The summed E-state index contributed by atoms with van der Waals surface area (Å²) in [4.78, 5) is 14.0. The van der Waals surface area contributed by atoms with E-state index in [0.717, 1.165) is 5.56 Å². The van der Waals surface area contributed by atoms with E-state index in [1.165, 1.54) is 18.1 Å². The zero-order valence-corrected chi connectivity index (χ0v) is 14.7. The second-order valence-electron chi connectivity index (χ2n) is 5.55. The molecule has 1 atom stereocenters. The number of hydrogen-bond donors (Lipinski definition) is 0. The van der Waals surface area contributed by atoms with Crippen molar-refractivity contribution >= 4 is 16.7 Å². The van der Waals surface area contributed by atoms with Gasteiger partial charge in [-0.15, -0.1) is 0 Å². The molecule has 2 rings (SSSR count). The summed E-state index contributed by atoms with van der Waals surface area (Å²) in [6, 6.07) is 11.7. The van der Waals surface area contributed by atoms with Crippen LogP contribution in [0.4, 0.5) is 4.39 Å². The molecule has 0 heterocycles. The smallest absolute Gasteiger partial charge is 0.253 e. The third-order valence-corrected chi connectivity index (χ3v) is 4.27. The molecular formula is C18H20FNO3S. The van der Waals surface area contributed by atoms with E-state index in [0.29, 0.717) is 16.9 Å². The Kier molecular flexibility index (Phi) is 6.09. The first kappa shape index (κ1) is 18.1. The van der Waals surface area contributed by atoms with Gasteiger partial charge in [0, 0.05) is 42.0 Å². The molecule has 0 aliphatic heterocycles. The van der Waals surface area contributed by atoms with E-state index in [1.807, 2.05) is 6.07 Å². The maximum Gasteiger partial charge on any atom is 0.253 e. The molecule has 0 N–H and O–H groups in total. The third-order valence-electron chi connectivity index (χ3n) is 3.53. The lowest BCUT2D eigenvalue weighted by atomic mass is 10.1. The van der Waals surface area contributed by atoms with E-state index in [-0.39, 0.29) is 18.2 Å². The number of rotatable bonds is 6. The van der Waals surface area contributed by atoms with Crippen molar-refractivity contribution in [2.45, 2.75) is 12.3 Å². The van der Waals surface area contributed by atoms with E-state index in [2.05, 4.69) is 0 Å². The summed E-state index contributed by atoms with van der Waals surface area (Å²) >= 11 is 0. The van der Waals surface area contributed by atoms with Crippen molar-refractivity contribution in [2.24, 2.45) is 0 Å². The molecule has 0 aliphatic carbocycles. The average molecular weight is 349 g/mol. The zero-order valence-electron chi connectivity index (χ0n) is 13.9. The number of methoxy groups -OCH3 is 1. The number of carbonyl (C=O) groups excluding carboxylic acids is 1. The molecule has 0 saturated heterocycles. The van der Waals surface area contributed by atoms with Crippen LogP contribution in [0.2, 0.25) is 0 Å². The highest BCUT2D eigenvalue weighted by molar-refractivity contribution is 7.83. The minimum atomic E-state index is -0.965. The van der Waals surface area contributed by atoms with Crippen LogP contribution in [0.3, 0.4) is 0 Å². The van der Waals surface area contributed by atoms with Crippen molar-refractivity contribution in [2.75, 3.05) is 20.4 Å². The topological polar surface area (TPSA) is 46.6 Å². The number of ether oxygens (including phenoxy) is 1. The summed E-state index contributed by atoms with van der Waals surface area (Å²) in [5.74, 6) is -0.0413. The van der Waals surface area contributed by atoms with Crippen LogP contribution in [-0.4, -0.2) is 35.4 Å². The van der Waals surface area contributed by atoms with Gasteiger partial charge >= 0.3 is 0 Å². The van der Waals surface area contributed by atoms with Crippen molar-refractivity contribution in [3.05, 3.63) is 65.0 Å². The fraction of sp³-hybridized carbons (Fsp3) is 0.278. The number of hydrogen-bond acceptors (Lipinski definition) is 3. The number of amides is 1. The number of halogens is 1. The molecule has 1 unspecified atom stereocenters. The van der Waals surface area contributed by atoms with Gasteiger partial charge in [-0.3, -0.25) is 9.00 Å². The van der Waals surface area contributed by atoms with E-state index in [4.69, 9.17) is 4.74 Å². The second-order valence-corrected chi connectivity index (χ2v) is 6.98. The minimum absolute atomic E-state index is 0.171. The monoisotopic (exact) mass is 349 g/mol. The molecule has 0 saturated carbocycles. The van der Waals surface area contributed by atoms with Crippen molar-refractivity contribution in [3.8, 4) is 5.75 Å². The van der Waals surface area contributed by atoms with Gasteiger partial charge in [-0.2, -0.15) is 0 Å². The Morgan fingerprint density at radius 3 is 2.58 bits per heavy atom. The quantitative estimate of drug-likeness (QED) is 0.805. The predicted octanol–water partition coefficient (Wildman–Crippen LogP) is 2.99. The molecule has 0 aliphatic rings. The van der Waals surface area contributed by atoms with E-state index in [1.54, 1.807) is 43.6 Å². The van der Waals surface area contributed by atoms with Crippen molar-refractivity contribution < 1.29 is 18.1 Å². The molecule has 0 radical (unpaired) electrons. The summed E-state index contributed by atoms with van der Waals surface area (Å²) in [5.41, 5.74) is 2.05. The molecule has 2 aromatic rings. The minimum Gasteiger partial charge on any atom is -0.494 e. The number of benzene rings is 2. The number of nitrogens with zero attached hydrogens (tertiary/aromatic N) is 1. The van der Waals surface area contributed by atoms with Gasteiger partial charge in [0.15, 0.2) is 11.6 Å². The van der Waals surface area contributed by atoms with Crippen LogP contribution < -0.4 is 4.74 Å². The molecule has 0 fully saturated rings. The summed E-state index contributed by atoms with van der Waals surface area (Å²) in [6.07, 6.45) is 1.62. The van der Waals surface area contributed by atoms with E-state index < -0.39 is 16.6 Å². The van der Waals surface area contributed by atoms with Gasteiger partial charge < -0.3 is 9.64 Å². The molecule has 24 heavy (non-hydrogen) atoms. The Hall–Kier alpha value is -2.21. The van der Waals surface area contributed by atoms with E-state index in [9.17, 15) is 13.4 Å². The fourth-order valence-electron chi connectivity index (χ4n) is 2.40. The highest BCUT2D eigenvalue weighted by Crippen LogP contribution is 2.19. The Balaban J connectivity index is 2.12. The summed E-state index contributed by atoms with van der Waals surface area (Å²) in [7, 11) is 2.10. The van der Waals surface area contributed by atoms with Crippen LogP contribution in [0.1, 0.15) is 21.5 Å². The largest absolute Gasteiger partial charge is 0.494 e. The summed E-state index contributed by atoms with van der Waals surface area (Å²) < 4.78 is 30.0. The molecule has 128 valence electrons. The number of carbonyl (C=O) groups is 1. The van der Waals surface area contributed by atoms with Crippen LogP contribution in [0.5, 0.6) is 5.75 Å². The van der Waals surface area contributed by atoms with Gasteiger partial charge in [0.1, 0.15) is 0 Å². The first-order valence-corrected chi connectivity index (χ1v) is 9.10. The van der Waals surface area contributed by atoms with Crippen molar-refractivity contribution in [1.82, 2.24) is 4.90 Å². The van der Waals surface area contributed by atoms with Crippen molar-refractivity contribution in [1.29, 1.82) is 0 Å². The van der Waals surface area contributed by atoms with Crippen LogP contribution >= 0.6 is 0 Å². The first-order chi connectivity index (χ1) is 11.4. The molecule has 1 amide bonds. The standard InChI is InChI=1S/C18H20FNO3S/c1-20(11-13-7-8-17(23-2)16(19)10-13)18(21)15-6-4-5-14(9-15)12-24(3)22/h4-10H,11-12H2,1-3H3. The Morgan fingerprint density at radius 1 is 1.21 bits per heavy atom. The van der Waals surface area contributed by atoms with Crippen LogP contribution in [0.15, 0.2) is 42.5 Å². The van der Waals surface area contributed by atoms with Gasteiger partial charge in [-0.05, 0) is 35.4 Å². The predicted molar refractivity (Wildman–Crippen MR) is 93.0 cm³/mol. The highest BCUT2D eigenvalue weighted by Gasteiger charge is 2.14. The lowest BCUT2D eigenvalue weighted by Crippen LogP contribution is -2.26. The Bertz CT molecular complexity index is 764. The van der Waals surface area contributed by atoms with E-state index >= 15 is 0 Å². The molecule has 0 aromatic heterocycles. The highest BCUT2D eigenvalue weighted by atomic mass is 32.2. The average Bonchev–Trinajstić information content (AvgIpc) is 2.54. The SMILES string of the molecule is COc1ccc(CN(C)C(=O)c2cccc(CS(C)=O)c2)cc1F. The maximum absolute atomic E-state index is 13.7. The fourth-order valence-corrected chi connectivity index (χ4v) is 3.05. The van der Waals surface area contributed by atoms with Crippen LogP contribution in [0, 0.1) is 5.82 Å². The first-order valence-electron chi connectivity index (χ1n) is 7.37. The van der Waals surface area contributed by atoms with Gasteiger partial charge in [0.2, 0.25) is 0 Å². The van der Waals surface area contributed by atoms with Gasteiger partial charge in [-0.25, -0.2) is 4.39 Å². The molecule has 4 nitrogen and oxygen atoms in total. The zero-order chi connectivity index (χ0) is 17.7. The molecule has 6 heteroatoms. The molecule has 0 bridgehead atoms. The van der Waals surface area contributed by atoms with Crippen LogP contribution in [-0.2, 0) is 23.1 Å². The second kappa shape index (κ2) is 8.06. The van der Waals surface area contributed by atoms with Gasteiger partial charge in [0.05, 0.1) is 7.11 Å². The maximum atomic E-state index is 13.7. The lowest BCUT2D eigenvalue weighted by molar-refractivity contribution is 0.0785. The molecular weight excluding hydrogens is 329 g/mol.